The quantitative estimate of drug-likeness (QED) is 0.520. The molecule has 1 amide bonds. The third-order valence-electron chi connectivity index (χ3n) is 2.70. The first-order valence-electron chi connectivity index (χ1n) is 5.60. The lowest BCUT2D eigenvalue weighted by Crippen LogP contribution is -2.37. The zero-order chi connectivity index (χ0) is 14.0. The minimum atomic E-state index is -0.366. The highest BCUT2D eigenvalue weighted by atomic mass is 35.5. The van der Waals surface area contributed by atoms with Gasteiger partial charge in [0.05, 0.1) is 15.7 Å². The van der Waals surface area contributed by atoms with E-state index >= 15 is 0 Å². The molecule has 0 saturated heterocycles. The van der Waals surface area contributed by atoms with Gasteiger partial charge in [0.25, 0.3) is 5.91 Å². The molecule has 0 aromatic heterocycles. The monoisotopic (exact) mass is 294 g/mol. The second-order valence-electron chi connectivity index (χ2n) is 4.11. The highest BCUT2D eigenvalue weighted by Gasteiger charge is 2.19. The number of anilines is 1. The highest BCUT2D eigenvalue weighted by Crippen LogP contribution is 2.32. The molecule has 2 aromatic carbocycles. The summed E-state index contributed by atoms with van der Waals surface area (Å²) in [4.78, 5) is 12.2. The number of aryl methyl sites for hydroxylation is 1. The van der Waals surface area contributed by atoms with Crippen LogP contribution in [-0.2, 0) is 0 Å². The van der Waals surface area contributed by atoms with Crippen molar-refractivity contribution in [2.45, 2.75) is 6.92 Å². The summed E-state index contributed by atoms with van der Waals surface area (Å²) in [6, 6.07) is 12.1. The van der Waals surface area contributed by atoms with Gasteiger partial charge in [-0.15, -0.1) is 0 Å². The largest absolute Gasteiger partial charge is 0.272 e. The fourth-order valence-corrected chi connectivity index (χ4v) is 2.24. The molecule has 0 aliphatic heterocycles. The lowest BCUT2D eigenvalue weighted by Gasteiger charge is -2.19. The van der Waals surface area contributed by atoms with E-state index < -0.39 is 0 Å². The van der Waals surface area contributed by atoms with Crippen LogP contribution in [-0.4, -0.2) is 5.91 Å². The van der Waals surface area contributed by atoms with Crippen molar-refractivity contribution in [3.8, 4) is 0 Å². The number of hydrogen-bond acceptors (Lipinski definition) is 2. The molecule has 0 fully saturated rings. The predicted molar refractivity (Wildman–Crippen MR) is 78.6 cm³/mol. The Labute approximate surface area is 121 Å². The molecule has 0 spiro atoms. The lowest BCUT2D eigenvalue weighted by atomic mass is 10.1. The summed E-state index contributed by atoms with van der Waals surface area (Å²) in [5.41, 5.74) is 1.84. The summed E-state index contributed by atoms with van der Waals surface area (Å²) in [5, 5.41) is 1.63. The average molecular weight is 295 g/mol. The van der Waals surface area contributed by atoms with Gasteiger partial charge in [-0.3, -0.25) is 4.79 Å². The SMILES string of the molecule is Cc1ccc(C(=O)N(N)c2c(Cl)cccc2Cl)cc1. The molecule has 2 aromatic rings. The molecular weight excluding hydrogens is 283 g/mol. The van der Waals surface area contributed by atoms with Gasteiger partial charge in [0, 0.05) is 5.56 Å². The van der Waals surface area contributed by atoms with E-state index in [0.29, 0.717) is 21.3 Å². The van der Waals surface area contributed by atoms with E-state index in [1.54, 1.807) is 30.3 Å². The molecule has 0 radical (unpaired) electrons. The Hall–Kier alpha value is -1.55. The second kappa shape index (κ2) is 5.61. The van der Waals surface area contributed by atoms with Crippen LogP contribution in [0.25, 0.3) is 0 Å². The Bertz CT molecular complexity index is 591. The maximum absolute atomic E-state index is 12.2. The summed E-state index contributed by atoms with van der Waals surface area (Å²) in [6.45, 7) is 1.94. The van der Waals surface area contributed by atoms with Crippen LogP contribution in [0, 0.1) is 6.92 Å². The number of para-hydroxylation sites is 1. The number of benzene rings is 2. The highest BCUT2D eigenvalue weighted by molar-refractivity contribution is 6.40. The van der Waals surface area contributed by atoms with E-state index in [1.165, 1.54) is 0 Å². The third kappa shape index (κ3) is 2.89. The van der Waals surface area contributed by atoms with Crippen molar-refractivity contribution in [2.24, 2.45) is 5.84 Å². The topological polar surface area (TPSA) is 46.3 Å². The molecule has 3 nitrogen and oxygen atoms in total. The molecule has 19 heavy (non-hydrogen) atoms. The van der Waals surface area contributed by atoms with E-state index in [4.69, 9.17) is 29.0 Å². The van der Waals surface area contributed by atoms with Gasteiger partial charge in [-0.2, -0.15) is 0 Å². The van der Waals surface area contributed by atoms with Crippen LogP contribution in [0.3, 0.4) is 0 Å². The van der Waals surface area contributed by atoms with Crippen LogP contribution in [0.15, 0.2) is 42.5 Å². The van der Waals surface area contributed by atoms with Gasteiger partial charge in [0.2, 0.25) is 0 Å². The van der Waals surface area contributed by atoms with Gasteiger partial charge in [-0.25, -0.2) is 10.9 Å². The minimum Gasteiger partial charge on any atom is -0.267 e. The van der Waals surface area contributed by atoms with E-state index in [-0.39, 0.29) is 5.91 Å². The Balaban J connectivity index is 2.36. The van der Waals surface area contributed by atoms with Crippen molar-refractivity contribution in [3.05, 3.63) is 63.6 Å². The normalized spacial score (nSPS) is 10.3. The smallest absolute Gasteiger partial charge is 0.267 e. The van der Waals surface area contributed by atoms with E-state index in [1.807, 2.05) is 19.1 Å². The van der Waals surface area contributed by atoms with Crippen LogP contribution in [0.5, 0.6) is 0 Å². The van der Waals surface area contributed by atoms with Crippen molar-refractivity contribution >= 4 is 34.8 Å². The summed E-state index contributed by atoms with van der Waals surface area (Å²) in [7, 11) is 0. The second-order valence-corrected chi connectivity index (χ2v) is 4.93. The van der Waals surface area contributed by atoms with Gasteiger partial charge in [0.15, 0.2) is 0 Å². The molecule has 0 unspecified atom stereocenters. The standard InChI is InChI=1S/C14H12Cl2N2O/c1-9-5-7-10(8-6-9)14(19)18(17)13-11(15)3-2-4-12(13)16/h2-8H,17H2,1H3. The molecule has 0 bridgehead atoms. The van der Waals surface area contributed by atoms with Crippen molar-refractivity contribution in [3.63, 3.8) is 0 Å². The molecular formula is C14H12Cl2N2O. The number of rotatable bonds is 2. The molecule has 0 heterocycles. The fraction of sp³-hybridized carbons (Fsp3) is 0.0714. The van der Waals surface area contributed by atoms with Crippen LogP contribution in [0.2, 0.25) is 10.0 Å². The fourth-order valence-electron chi connectivity index (χ4n) is 1.66. The van der Waals surface area contributed by atoms with Crippen molar-refractivity contribution in [1.29, 1.82) is 0 Å². The number of nitrogens with two attached hydrogens (primary N) is 1. The van der Waals surface area contributed by atoms with Crippen LogP contribution in [0.4, 0.5) is 5.69 Å². The van der Waals surface area contributed by atoms with Crippen molar-refractivity contribution < 1.29 is 4.79 Å². The summed E-state index contributed by atoms with van der Waals surface area (Å²) < 4.78 is 0. The number of carbonyl (C=O) groups excluding carboxylic acids is 1. The Morgan fingerprint density at radius 3 is 2.11 bits per heavy atom. The summed E-state index contributed by atoms with van der Waals surface area (Å²) >= 11 is 12.0. The Morgan fingerprint density at radius 2 is 1.58 bits per heavy atom. The molecule has 0 atom stereocenters. The van der Waals surface area contributed by atoms with Crippen LogP contribution < -0.4 is 10.9 Å². The molecule has 0 aliphatic carbocycles. The predicted octanol–water partition coefficient (Wildman–Crippen LogP) is 3.82. The lowest BCUT2D eigenvalue weighted by molar-refractivity contribution is 0.0987. The number of hydrazine groups is 1. The van der Waals surface area contributed by atoms with Crippen LogP contribution >= 0.6 is 23.2 Å². The summed E-state index contributed by atoms with van der Waals surface area (Å²) in [5.74, 6) is 5.46. The number of amides is 1. The van der Waals surface area contributed by atoms with E-state index in [2.05, 4.69) is 0 Å². The molecule has 0 aliphatic rings. The first kappa shape index (κ1) is 13.9. The molecule has 0 saturated carbocycles. The third-order valence-corrected chi connectivity index (χ3v) is 3.31. The molecule has 2 rings (SSSR count). The average Bonchev–Trinajstić information content (AvgIpc) is 2.38. The molecule has 98 valence electrons. The van der Waals surface area contributed by atoms with Gasteiger partial charge in [-0.05, 0) is 31.2 Å². The Kier molecular flexibility index (Phi) is 4.10. The number of carbonyl (C=O) groups is 1. The number of nitrogens with zero attached hydrogens (tertiary/aromatic N) is 1. The summed E-state index contributed by atoms with van der Waals surface area (Å²) in [6.07, 6.45) is 0. The van der Waals surface area contributed by atoms with Crippen molar-refractivity contribution in [1.82, 2.24) is 0 Å². The zero-order valence-electron chi connectivity index (χ0n) is 10.2. The Morgan fingerprint density at radius 1 is 1.05 bits per heavy atom. The van der Waals surface area contributed by atoms with Gasteiger partial charge in [0.1, 0.15) is 0 Å². The minimum absolute atomic E-state index is 0.302. The van der Waals surface area contributed by atoms with Crippen molar-refractivity contribution in [2.75, 3.05) is 5.01 Å². The van der Waals surface area contributed by atoms with Gasteiger partial charge < -0.3 is 0 Å². The zero-order valence-corrected chi connectivity index (χ0v) is 11.7. The molecule has 5 heteroatoms. The van der Waals surface area contributed by atoms with Gasteiger partial charge >= 0.3 is 0 Å². The van der Waals surface area contributed by atoms with Gasteiger partial charge in [-0.1, -0.05) is 47.0 Å². The number of halogens is 2. The first-order valence-corrected chi connectivity index (χ1v) is 6.36. The number of hydrogen-bond donors (Lipinski definition) is 1. The van der Waals surface area contributed by atoms with E-state index in [9.17, 15) is 4.79 Å². The maximum Gasteiger partial charge on any atom is 0.272 e. The van der Waals surface area contributed by atoms with Crippen LogP contribution in [0.1, 0.15) is 15.9 Å². The molecule has 2 N–H and O–H groups in total. The maximum atomic E-state index is 12.2. The van der Waals surface area contributed by atoms with E-state index in [0.717, 1.165) is 10.6 Å². The first-order chi connectivity index (χ1) is 9.00.